The number of rotatable bonds is 3. The summed E-state index contributed by atoms with van der Waals surface area (Å²) in [7, 11) is 0. The topological polar surface area (TPSA) is 69.0 Å². The number of aromatic nitrogens is 1. The van der Waals surface area contributed by atoms with E-state index < -0.39 is 17.6 Å². The highest BCUT2D eigenvalue weighted by molar-refractivity contribution is 6.08. The molecule has 3 rings (SSSR count). The van der Waals surface area contributed by atoms with E-state index in [1.54, 1.807) is 17.9 Å². The van der Waals surface area contributed by atoms with Crippen molar-refractivity contribution in [2.75, 3.05) is 23.3 Å². The zero-order valence-electron chi connectivity index (χ0n) is 16.3. The van der Waals surface area contributed by atoms with Gasteiger partial charge in [0, 0.05) is 37.2 Å². The van der Waals surface area contributed by atoms with Crippen molar-refractivity contribution in [3.8, 4) is 18.4 Å². The molecule has 0 spiro atoms. The SMILES string of the molecule is C#Cc1cc(C(=O)Nc2ccc(F)c(C#N)c2)c(N2CCCC(F)(F)CC2)nc1C. The first kappa shape index (κ1) is 21.2. The van der Waals surface area contributed by atoms with E-state index in [0.29, 0.717) is 17.8 Å². The van der Waals surface area contributed by atoms with Crippen LogP contribution in [0.2, 0.25) is 0 Å². The summed E-state index contributed by atoms with van der Waals surface area (Å²) in [5, 5.41) is 11.6. The highest BCUT2D eigenvalue weighted by atomic mass is 19.3. The Morgan fingerprint density at radius 1 is 1.27 bits per heavy atom. The van der Waals surface area contributed by atoms with Gasteiger partial charge in [-0.1, -0.05) is 5.92 Å². The van der Waals surface area contributed by atoms with Crippen molar-refractivity contribution in [2.24, 2.45) is 0 Å². The lowest BCUT2D eigenvalue weighted by Crippen LogP contribution is -2.29. The monoisotopic (exact) mass is 412 g/mol. The van der Waals surface area contributed by atoms with Gasteiger partial charge in [-0.05, 0) is 37.6 Å². The number of anilines is 2. The Labute approximate surface area is 172 Å². The average Bonchev–Trinajstić information content (AvgIpc) is 2.89. The van der Waals surface area contributed by atoms with Crippen LogP contribution in [0.25, 0.3) is 0 Å². The van der Waals surface area contributed by atoms with Crippen LogP contribution in [0.4, 0.5) is 24.7 Å². The first-order chi connectivity index (χ1) is 14.2. The van der Waals surface area contributed by atoms with Gasteiger partial charge in [0.05, 0.1) is 16.8 Å². The number of carbonyl (C=O) groups excluding carboxylic acids is 1. The zero-order valence-corrected chi connectivity index (χ0v) is 16.3. The van der Waals surface area contributed by atoms with Gasteiger partial charge in [0.25, 0.3) is 5.91 Å². The second-order valence-electron chi connectivity index (χ2n) is 7.09. The molecule has 0 unspecified atom stereocenters. The molecule has 0 radical (unpaired) electrons. The summed E-state index contributed by atoms with van der Waals surface area (Å²) < 4.78 is 41.1. The van der Waals surface area contributed by atoms with E-state index in [9.17, 15) is 18.0 Å². The fourth-order valence-corrected chi connectivity index (χ4v) is 3.31. The number of nitriles is 1. The molecule has 0 saturated carbocycles. The third-order valence-electron chi connectivity index (χ3n) is 4.96. The second kappa shape index (κ2) is 8.46. The Balaban J connectivity index is 1.97. The molecule has 2 aromatic rings. The van der Waals surface area contributed by atoms with E-state index >= 15 is 0 Å². The minimum atomic E-state index is -2.76. The predicted octanol–water partition coefficient (Wildman–Crippen LogP) is 4.26. The first-order valence-electron chi connectivity index (χ1n) is 9.36. The van der Waals surface area contributed by atoms with E-state index in [1.165, 1.54) is 18.2 Å². The van der Waals surface area contributed by atoms with Crippen LogP contribution < -0.4 is 10.2 Å². The molecule has 0 aliphatic carbocycles. The number of terminal acetylenes is 1. The number of halogens is 3. The maximum atomic E-state index is 13.8. The average molecular weight is 412 g/mol. The van der Waals surface area contributed by atoms with Crippen LogP contribution in [-0.4, -0.2) is 29.9 Å². The molecule has 8 heteroatoms. The van der Waals surface area contributed by atoms with Gasteiger partial charge < -0.3 is 10.2 Å². The molecule has 1 N–H and O–H groups in total. The molecule has 30 heavy (non-hydrogen) atoms. The standard InChI is InChI=1S/C22H19F3N4O/c1-3-15-12-18(21(30)28-17-5-6-19(23)16(11-17)13-26)20(27-14(15)2)29-9-4-7-22(24,25)8-10-29/h1,5-6,11-12H,4,7-10H2,2H3,(H,28,30). The summed E-state index contributed by atoms with van der Waals surface area (Å²) in [5.74, 6) is -1.31. The molecule has 1 fully saturated rings. The number of nitrogens with zero attached hydrogens (tertiary/aromatic N) is 3. The van der Waals surface area contributed by atoms with Crippen LogP contribution >= 0.6 is 0 Å². The lowest BCUT2D eigenvalue weighted by atomic mass is 10.1. The van der Waals surface area contributed by atoms with Gasteiger partial charge >= 0.3 is 0 Å². The lowest BCUT2D eigenvalue weighted by molar-refractivity contribution is -0.0102. The zero-order chi connectivity index (χ0) is 21.9. The Hall–Kier alpha value is -3.52. The second-order valence-corrected chi connectivity index (χ2v) is 7.09. The number of hydrogen-bond donors (Lipinski definition) is 1. The molecule has 0 atom stereocenters. The summed E-state index contributed by atoms with van der Waals surface area (Å²) in [6, 6.07) is 6.81. The fourth-order valence-electron chi connectivity index (χ4n) is 3.31. The van der Waals surface area contributed by atoms with Crippen LogP contribution in [0.1, 0.15) is 46.4 Å². The number of amides is 1. The smallest absolute Gasteiger partial charge is 0.259 e. The minimum Gasteiger partial charge on any atom is -0.356 e. The molecule has 2 heterocycles. The van der Waals surface area contributed by atoms with Crippen molar-refractivity contribution in [3.63, 3.8) is 0 Å². The fraction of sp³-hybridized carbons (Fsp3) is 0.318. The molecule has 154 valence electrons. The number of aryl methyl sites for hydroxylation is 1. The van der Waals surface area contributed by atoms with Gasteiger partial charge in [0.2, 0.25) is 5.92 Å². The van der Waals surface area contributed by atoms with Crippen molar-refractivity contribution in [2.45, 2.75) is 32.1 Å². The van der Waals surface area contributed by atoms with E-state index in [0.717, 1.165) is 6.07 Å². The summed E-state index contributed by atoms with van der Waals surface area (Å²) >= 11 is 0. The van der Waals surface area contributed by atoms with Crippen LogP contribution in [0.5, 0.6) is 0 Å². The molecule has 1 aliphatic rings. The summed E-state index contributed by atoms with van der Waals surface area (Å²) in [5.41, 5.74) is 1.04. The van der Waals surface area contributed by atoms with Crippen molar-refractivity contribution in [1.29, 1.82) is 5.26 Å². The van der Waals surface area contributed by atoms with E-state index in [-0.39, 0.29) is 48.4 Å². The van der Waals surface area contributed by atoms with Crippen LogP contribution in [0.15, 0.2) is 24.3 Å². The largest absolute Gasteiger partial charge is 0.356 e. The van der Waals surface area contributed by atoms with Crippen molar-refractivity contribution < 1.29 is 18.0 Å². The Morgan fingerprint density at radius 3 is 2.73 bits per heavy atom. The summed E-state index contributed by atoms with van der Waals surface area (Å²) in [4.78, 5) is 19.1. The number of pyridine rings is 1. The lowest BCUT2D eigenvalue weighted by Gasteiger charge is -2.25. The Morgan fingerprint density at radius 2 is 2.03 bits per heavy atom. The first-order valence-corrected chi connectivity index (χ1v) is 9.36. The Kier molecular flexibility index (Phi) is 5.98. The van der Waals surface area contributed by atoms with E-state index in [2.05, 4.69) is 16.2 Å². The normalized spacial score (nSPS) is 15.6. The molecular weight excluding hydrogens is 393 g/mol. The van der Waals surface area contributed by atoms with E-state index in [4.69, 9.17) is 11.7 Å². The van der Waals surface area contributed by atoms with Crippen LogP contribution in [-0.2, 0) is 0 Å². The van der Waals surface area contributed by atoms with Gasteiger partial charge in [-0.15, -0.1) is 6.42 Å². The molecule has 1 aromatic heterocycles. The molecule has 5 nitrogen and oxygen atoms in total. The van der Waals surface area contributed by atoms with Crippen LogP contribution in [0, 0.1) is 36.4 Å². The van der Waals surface area contributed by atoms with Gasteiger partial charge in [-0.3, -0.25) is 4.79 Å². The number of benzene rings is 1. The third-order valence-corrected chi connectivity index (χ3v) is 4.96. The van der Waals surface area contributed by atoms with Gasteiger partial charge in [0.15, 0.2) is 0 Å². The van der Waals surface area contributed by atoms with Crippen molar-refractivity contribution in [1.82, 2.24) is 4.98 Å². The van der Waals surface area contributed by atoms with Crippen LogP contribution in [0.3, 0.4) is 0 Å². The van der Waals surface area contributed by atoms with E-state index in [1.807, 2.05) is 0 Å². The molecule has 1 aromatic carbocycles. The highest BCUT2D eigenvalue weighted by Gasteiger charge is 2.33. The number of hydrogen-bond acceptors (Lipinski definition) is 4. The number of carbonyl (C=O) groups is 1. The number of nitrogens with one attached hydrogen (secondary N) is 1. The minimum absolute atomic E-state index is 0.0459. The third kappa shape index (κ3) is 4.55. The predicted molar refractivity (Wildman–Crippen MR) is 107 cm³/mol. The summed E-state index contributed by atoms with van der Waals surface area (Å²) in [6.45, 7) is 2.06. The molecule has 1 amide bonds. The number of alkyl halides is 2. The summed E-state index contributed by atoms with van der Waals surface area (Å²) in [6.07, 6.45) is 5.20. The van der Waals surface area contributed by atoms with Gasteiger partial charge in [-0.2, -0.15) is 5.26 Å². The maximum absolute atomic E-state index is 13.8. The molecule has 1 aliphatic heterocycles. The molecular formula is C22H19F3N4O. The van der Waals surface area contributed by atoms with Crippen molar-refractivity contribution in [3.05, 3.63) is 52.5 Å². The Bertz CT molecular complexity index is 1070. The maximum Gasteiger partial charge on any atom is 0.259 e. The molecule has 0 bridgehead atoms. The van der Waals surface area contributed by atoms with Crippen molar-refractivity contribution >= 4 is 17.4 Å². The van der Waals surface area contributed by atoms with Gasteiger partial charge in [-0.25, -0.2) is 18.2 Å². The highest BCUT2D eigenvalue weighted by Crippen LogP contribution is 2.31. The quantitative estimate of drug-likeness (QED) is 0.765. The molecule has 1 saturated heterocycles. The van der Waals surface area contributed by atoms with Gasteiger partial charge in [0.1, 0.15) is 17.7 Å².